The van der Waals surface area contributed by atoms with Gasteiger partial charge in [0.1, 0.15) is 6.54 Å². The van der Waals surface area contributed by atoms with Crippen LogP contribution >= 0.6 is 0 Å². The molecule has 0 radical (unpaired) electrons. The number of benzene rings is 4. The molecule has 0 spiro atoms. The van der Waals surface area contributed by atoms with Gasteiger partial charge in [-0.1, -0.05) is 78.4 Å². The number of hydrazone groups is 1. The quantitative estimate of drug-likeness (QED) is 0.328. The van der Waals surface area contributed by atoms with E-state index in [0.717, 1.165) is 26.2 Å². The number of sulfonamides is 1. The molecular weight excluding hydrogens is 434 g/mol. The zero-order chi connectivity index (χ0) is 23.3. The van der Waals surface area contributed by atoms with Crippen molar-refractivity contribution in [3.05, 3.63) is 108 Å². The first-order valence-electron chi connectivity index (χ1n) is 10.4. The summed E-state index contributed by atoms with van der Waals surface area (Å²) in [5.74, 6) is -0.549. The number of amides is 1. The van der Waals surface area contributed by atoms with Gasteiger partial charge in [-0.3, -0.25) is 9.10 Å². The largest absolute Gasteiger partial charge is 0.271 e. The Morgan fingerprint density at radius 2 is 1.55 bits per heavy atom. The number of carbonyl (C=O) groups is 1. The molecule has 33 heavy (non-hydrogen) atoms. The van der Waals surface area contributed by atoms with Gasteiger partial charge in [-0.25, -0.2) is 13.8 Å². The van der Waals surface area contributed by atoms with E-state index in [2.05, 4.69) is 10.5 Å². The van der Waals surface area contributed by atoms with E-state index in [1.165, 1.54) is 12.1 Å². The fourth-order valence-electron chi connectivity index (χ4n) is 3.45. The number of nitrogens with zero attached hydrogens (tertiary/aromatic N) is 2. The second-order valence-electron chi connectivity index (χ2n) is 7.52. The SMILES string of the molecule is Cc1ccc(N(CC(=O)NN=Cc2cccc3ccccc23)S(=O)(=O)c2ccccc2)cc1. The monoisotopic (exact) mass is 457 g/mol. The Hall–Kier alpha value is -3.97. The molecule has 0 atom stereocenters. The summed E-state index contributed by atoms with van der Waals surface area (Å²) in [4.78, 5) is 12.8. The lowest BCUT2D eigenvalue weighted by Gasteiger charge is -2.23. The first kappa shape index (κ1) is 22.2. The molecule has 0 aliphatic heterocycles. The van der Waals surface area contributed by atoms with Gasteiger partial charge >= 0.3 is 0 Å². The average Bonchev–Trinajstić information content (AvgIpc) is 2.84. The highest BCUT2D eigenvalue weighted by molar-refractivity contribution is 7.92. The van der Waals surface area contributed by atoms with Gasteiger partial charge in [0.15, 0.2) is 0 Å². The number of nitrogens with one attached hydrogen (secondary N) is 1. The topological polar surface area (TPSA) is 78.8 Å². The molecule has 0 heterocycles. The van der Waals surface area contributed by atoms with Gasteiger partial charge in [0.2, 0.25) is 0 Å². The van der Waals surface area contributed by atoms with Crippen molar-refractivity contribution in [1.29, 1.82) is 0 Å². The Bertz CT molecular complexity index is 1390. The summed E-state index contributed by atoms with van der Waals surface area (Å²) in [6.07, 6.45) is 1.56. The summed E-state index contributed by atoms with van der Waals surface area (Å²) in [5, 5.41) is 6.13. The molecule has 0 saturated carbocycles. The van der Waals surface area contributed by atoms with Crippen molar-refractivity contribution in [1.82, 2.24) is 5.43 Å². The summed E-state index contributed by atoms with van der Waals surface area (Å²) >= 11 is 0. The Kier molecular flexibility index (Phi) is 6.51. The van der Waals surface area contributed by atoms with Crippen LogP contribution in [0.25, 0.3) is 10.8 Å². The highest BCUT2D eigenvalue weighted by Crippen LogP contribution is 2.24. The summed E-state index contributed by atoms with van der Waals surface area (Å²) in [7, 11) is -3.95. The molecule has 0 aliphatic carbocycles. The van der Waals surface area contributed by atoms with Crippen LogP contribution in [0.15, 0.2) is 107 Å². The molecule has 0 saturated heterocycles. The third kappa shape index (κ3) is 5.10. The molecule has 0 unspecified atom stereocenters. The minimum absolute atomic E-state index is 0.109. The Morgan fingerprint density at radius 3 is 2.30 bits per heavy atom. The summed E-state index contributed by atoms with van der Waals surface area (Å²) in [6, 6.07) is 28.7. The molecule has 0 bridgehead atoms. The Balaban J connectivity index is 1.56. The number of carbonyl (C=O) groups excluding carboxylic acids is 1. The van der Waals surface area contributed by atoms with Crippen LogP contribution in [0, 0.1) is 6.92 Å². The standard InChI is InChI=1S/C26H23N3O3S/c1-20-14-16-23(17-15-20)29(33(31,32)24-11-3-2-4-12-24)19-26(30)28-27-18-22-10-7-9-21-8-5-6-13-25(21)22/h2-18H,19H2,1H3,(H,28,30). The van der Waals surface area contributed by atoms with Gasteiger partial charge in [-0.15, -0.1) is 0 Å². The average molecular weight is 458 g/mol. The third-order valence-electron chi connectivity index (χ3n) is 5.16. The summed E-state index contributed by atoms with van der Waals surface area (Å²) in [5.41, 5.74) is 4.69. The van der Waals surface area contributed by atoms with Gasteiger partial charge in [0, 0.05) is 5.56 Å². The van der Waals surface area contributed by atoms with E-state index in [0.29, 0.717) is 5.69 Å². The highest BCUT2D eigenvalue weighted by atomic mass is 32.2. The lowest BCUT2D eigenvalue weighted by Crippen LogP contribution is -2.39. The number of hydrogen-bond acceptors (Lipinski definition) is 4. The van der Waals surface area contributed by atoms with Crippen molar-refractivity contribution in [3.63, 3.8) is 0 Å². The zero-order valence-corrected chi connectivity index (χ0v) is 18.9. The minimum atomic E-state index is -3.95. The summed E-state index contributed by atoms with van der Waals surface area (Å²) < 4.78 is 27.7. The van der Waals surface area contributed by atoms with Crippen LogP contribution in [0.1, 0.15) is 11.1 Å². The molecular formula is C26H23N3O3S. The van der Waals surface area contributed by atoms with Crippen molar-refractivity contribution < 1.29 is 13.2 Å². The Labute approximate surface area is 193 Å². The van der Waals surface area contributed by atoms with E-state index in [1.54, 1.807) is 48.7 Å². The first-order chi connectivity index (χ1) is 15.9. The van der Waals surface area contributed by atoms with Crippen molar-refractivity contribution in [2.75, 3.05) is 10.8 Å². The highest BCUT2D eigenvalue weighted by Gasteiger charge is 2.27. The van der Waals surface area contributed by atoms with Crippen LogP contribution < -0.4 is 9.73 Å². The van der Waals surface area contributed by atoms with Crippen LogP contribution in [0.5, 0.6) is 0 Å². The molecule has 4 rings (SSSR count). The van der Waals surface area contributed by atoms with Crippen molar-refractivity contribution in [3.8, 4) is 0 Å². The number of aryl methyl sites for hydroxylation is 1. The fourth-order valence-corrected chi connectivity index (χ4v) is 4.89. The molecule has 0 aliphatic rings. The molecule has 1 N–H and O–H groups in total. The maximum absolute atomic E-state index is 13.3. The smallest absolute Gasteiger partial charge is 0.264 e. The van der Waals surface area contributed by atoms with Gasteiger partial charge in [0.25, 0.3) is 15.9 Å². The van der Waals surface area contributed by atoms with Gasteiger partial charge in [-0.2, -0.15) is 5.10 Å². The van der Waals surface area contributed by atoms with Crippen LogP contribution in [0.3, 0.4) is 0 Å². The molecule has 1 amide bonds. The summed E-state index contributed by atoms with van der Waals surface area (Å²) in [6.45, 7) is 1.50. The molecule has 4 aromatic rings. The molecule has 6 nitrogen and oxygen atoms in total. The van der Waals surface area contributed by atoms with Crippen molar-refractivity contribution in [2.24, 2.45) is 5.10 Å². The first-order valence-corrected chi connectivity index (χ1v) is 11.8. The van der Waals surface area contributed by atoms with E-state index < -0.39 is 22.5 Å². The van der Waals surface area contributed by atoms with E-state index in [1.807, 2.05) is 49.4 Å². The second-order valence-corrected chi connectivity index (χ2v) is 9.38. The normalized spacial score (nSPS) is 11.5. The predicted molar refractivity (Wildman–Crippen MR) is 132 cm³/mol. The number of fused-ring (bicyclic) bond motifs is 1. The maximum atomic E-state index is 13.3. The van der Waals surface area contributed by atoms with E-state index in [9.17, 15) is 13.2 Å². The minimum Gasteiger partial charge on any atom is -0.271 e. The second kappa shape index (κ2) is 9.67. The van der Waals surface area contributed by atoms with Crippen LogP contribution in [-0.4, -0.2) is 27.1 Å². The van der Waals surface area contributed by atoms with Gasteiger partial charge < -0.3 is 0 Å². The number of hydrogen-bond donors (Lipinski definition) is 1. The number of anilines is 1. The van der Waals surface area contributed by atoms with Crippen LogP contribution in [-0.2, 0) is 14.8 Å². The van der Waals surface area contributed by atoms with Gasteiger partial charge in [-0.05, 0) is 42.0 Å². The Morgan fingerprint density at radius 1 is 0.879 bits per heavy atom. The lowest BCUT2D eigenvalue weighted by atomic mass is 10.1. The van der Waals surface area contributed by atoms with Crippen molar-refractivity contribution in [2.45, 2.75) is 11.8 Å². The van der Waals surface area contributed by atoms with Crippen molar-refractivity contribution >= 4 is 38.6 Å². The lowest BCUT2D eigenvalue weighted by molar-refractivity contribution is -0.119. The van der Waals surface area contributed by atoms with E-state index >= 15 is 0 Å². The molecule has 0 aromatic heterocycles. The fraction of sp³-hybridized carbons (Fsp3) is 0.0769. The van der Waals surface area contributed by atoms with E-state index in [-0.39, 0.29) is 4.90 Å². The van der Waals surface area contributed by atoms with Crippen LogP contribution in [0.4, 0.5) is 5.69 Å². The van der Waals surface area contributed by atoms with E-state index in [4.69, 9.17) is 0 Å². The molecule has 7 heteroatoms. The molecule has 4 aromatic carbocycles. The third-order valence-corrected chi connectivity index (χ3v) is 6.94. The van der Waals surface area contributed by atoms with Crippen LogP contribution in [0.2, 0.25) is 0 Å². The number of rotatable bonds is 7. The zero-order valence-electron chi connectivity index (χ0n) is 18.0. The predicted octanol–water partition coefficient (Wildman–Crippen LogP) is 4.49. The van der Waals surface area contributed by atoms with Gasteiger partial charge in [0.05, 0.1) is 16.8 Å². The molecule has 166 valence electrons. The molecule has 0 fully saturated rings. The maximum Gasteiger partial charge on any atom is 0.264 e.